The Hall–Kier alpha value is -0.470. The van der Waals surface area contributed by atoms with Gasteiger partial charge in [0.05, 0.1) is 0 Å². The van der Waals surface area contributed by atoms with E-state index in [4.69, 9.17) is 0 Å². The summed E-state index contributed by atoms with van der Waals surface area (Å²) in [4.78, 5) is 0. The Bertz CT molecular complexity index is 446. The Morgan fingerprint density at radius 1 is 1.19 bits per heavy atom. The first kappa shape index (κ1) is 16.9. The highest BCUT2D eigenvalue weighted by molar-refractivity contribution is 7.99. The molecule has 1 fully saturated rings. The number of hydrogen-bond donors (Lipinski definition) is 1. The summed E-state index contributed by atoms with van der Waals surface area (Å²) in [6.45, 7) is 12.6. The molecule has 1 nitrogen and oxygen atoms in total. The molecule has 1 saturated carbocycles. The van der Waals surface area contributed by atoms with Gasteiger partial charge in [-0.2, -0.15) is 11.8 Å². The van der Waals surface area contributed by atoms with Gasteiger partial charge in [0.1, 0.15) is 0 Å². The number of nitrogens with one attached hydrogen (secondary N) is 1. The zero-order valence-electron chi connectivity index (χ0n) is 14.3. The van der Waals surface area contributed by atoms with Crippen LogP contribution in [0.5, 0.6) is 0 Å². The van der Waals surface area contributed by atoms with Crippen LogP contribution in [0, 0.1) is 19.3 Å². The van der Waals surface area contributed by atoms with Crippen molar-refractivity contribution in [2.75, 3.05) is 6.54 Å². The molecule has 0 heterocycles. The second-order valence-corrected chi connectivity index (χ2v) is 8.49. The minimum Gasteiger partial charge on any atom is -0.313 e. The van der Waals surface area contributed by atoms with Crippen molar-refractivity contribution < 1.29 is 0 Å². The second kappa shape index (κ2) is 7.19. The highest BCUT2D eigenvalue weighted by Gasteiger charge is 2.38. The molecule has 2 heteroatoms. The molecule has 1 aliphatic rings. The topological polar surface area (TPSA) is 12.0 Å². The Morgan fingerprint density at radius 3 is 2.48 bits per heavy atom. The zero-order chi connectivity index (χ0) is 15.5. The normalized spacial score (nSPS) is 25.0. The summed E-state index contributed by atoms with van der Waals surface area (Å²) in [7, 11) is 0. The first-order valence-corrected chi connectivity index (χ1v) is 9.39. The maximum atomic E-state index is 3.76. The third-order valence-electron chi connectivity index (χ3n) is 4.69. The molecule has 2 atom stereocenters. The molecule has 2 unspecified atom stereocenters. The van der Waals surface area contributed by atoms with Crippen LogP contribution < -0.4 is 5.32 Å². The lowest BCUT2D eigenvalue weighted by Gasteiger charge is -2.44. The molecule has 0 saturated heterocycles. The maximum Gasteiger partial charge on any atom is 0.0237 e. The Kier molecular flexibility index (Phi) is 5.79. The molecule has 2 rings (SSSR count). The average Bonchev–Trinajstić information content (AvgIpc) is 2.38. The minimum absolute atomic E-state index is 0.425. The number of hydrogen-bond acceptors (Lipinski definition) is 2. The van der Waals surface area contributed by atoms with E-state index in [0.717, 1.165) is 17.5 Å². The molecule has 0 amide bonds. The molecule has 1 aromatic carbocycles. The van der Waals surface area contributed by atoms with E-state index in [1.165, 1.54) is 36.0 Å². The molecule has 1 aromatic rings. The van der Waals surface area contributed by atoms with Crippen molar-refractivity contribution in [1.82, 2.24) is 5.32 Å². The van der Waals surface area contributed by atoms with Crippen LogP contribution in [0.1, 0.15) is 56.7 Å². The molecular weight excluding hydrogens is 274 g/mol. The van der Waals surface area contributed by atoms with Crippen LogP contribution in [-0.2, 0) is 5.75 Å². The summed E-state index contributed by atoms with van der Waals surface area (Å²) in [5.41, 5.74) is 4.68. The molecule has 1 N–H and O–H groups in total. The van der Waals surface area contributed by atoms with E-state index in [0.29, 0.717) is 11.5 Å². The summed E-state index contributed by atoms with van der Waals surface area (Å²) in [5, 5.41) is 4.51. The highest BCUT2D eigenvalue weighted by Crippen LogP contribution is 2.41. The number of thioether (sulfide) groups is 1. The largest absolute Gasteiger partial charge is 0.313 e. The van der Waals surface area contributed by atoms with E-state index in [2.05, 4.69) is 69.9 Å². The van der Waals surface area contributed by atoms with Crippen LogP contribution in [0.2, 0.25) is 0 Å². The highest BCUT2D eigenvalue weighted by atomic mass is 32.2. The SMILES string of the molecule is CCNC1C(SCc2cc(C)cc(C)c2)CCCC1(C)C. The fourth-order valence-electron chi connectivity index (χ4n) is 3.75. The number of aryl methyl sites for hydroxylation is 2. The van der Waals surface area contributed by atoms with Crippen LogP contribution >= 0.6 is 11.8 Å². The van der Waals surface area contributed by atoms with E-state index < -0.39 is 0 Å². The first-order chi connectivity index (χ1) is 9.92. The van der Waals surface area contributed by atoms with E-state index in [1.54, 1.807) is 0 Å². The molecule has 21 heavy (non-hydrogen) atoms. The van der Waals surface area contributed by atoms with E-state index >= 15 is 0 Å². The summed E-state index contributed by atoms with van der Waals surface area (Å²) >= 11 is 2.16. The van der Waals surface area contributed by atoms with Crippen LogP contribution in [0.25, 0.3) is 0 Å². The van der Waals surface area contributed by atoms with Gasteiger partial charge in [-0.15, -0.1) is 0 Å². The minimum atomic E-state index is 0.425. The second-order valence-electron chi connectivity index (χ2n) is 7.26. The lowest BCUT2D eigenvalue weighted by atomic mass is 9.73. The van der Waals surface area contributed by atoms with Gasteiger partial charge in [0.25, 0.3) is 0 Å². The first-order valence-electron chi connectivity index (χ1n) is 8.34. The summed E-state index contributed by atoms with van der Waals surface area (Å²) in [6, 6.07) is 7.60. The fourth-order valence-corrected chi connectivity index (χ4v) is 5.31. The van der Waals surface area contributed by atoms with Crippen LogP contribution in [0.3, 0.4) is 0 Å². The van der Waals surface area contributed by atoms with Crippen molar-refractivity contribution in [2.24, 2.45) is 5.41 Å². The van der Waals surface area contributed by atoms with Gasteiger partial charge in [-0.1, -0.05) is 56.5 Å². The molecule has 0 bridgehead atoms. The van der Waals surface area contributed by atoms with Gasteiger partial charge in [-0.3, -0.25) is 0 Å². The maximum absolute atomic E-state index is 3.76. The third kappa shape index (κ3) is 4.50. The molecule has 1 aliphatic carbocycles. The van der Waals surface area contributed by atoms with E-state index in [-0.39, 0.29) is 0 Å². The molecule has 118 valence electrons. The van der Waals surface area contributed by atoms with Crippen molar-refractivity contribution >= 4 is 11.8 Å². The molecule has 0 radical (unpaired) electrons. The standard InChI is InChI=1S/C19H31NS/c1-6-20-18-17(8-7-9-19(18,4)5)21-13-16-11-14(2)10-15(3)12-16/h10-12,17-18,20H,6-9,13H2,1-5H3. The Morgan fingerprint density at radius 2 is 1.86 bits per heavy atom. The fraction of sp³-hybridized carbons (Fsp3) is 0.684. The van der Waals surface area contributed by atoms with Gasteiger partial charge in [0, 0.05) is 17.0 Å². The summed E-state index contributed by atoms with van der Waals surface area (Å²) in [6.07, 6.45) is 4.08. The zero-order valence-corrected chi connectivity index (χ0v) is 15.1. The predicted molar refractivity (Wildman–Crippen MR) is 96.1 cm³/mol. The molecule has 0 spiro atoms. The van der Waals surface area contributed by atoms with Gasteiger partial charge in [0.2, 0.25) is 0 Å². The van der Waals surface area contributed by atoms with Gasteiger partial charge >= 0.3 is 0 Å². The predicted octanol–water partition coefficient (Wildman–Crippen LogP) is 5.09. The van der Waals surface area contributed by atoms with E-state index in [1.807, 2.05) is 0 Å². The third-order valence-corrected chi connectivity index (χ3v) is 6.13. The van der Waals surface area contributed by atoms with Gasteiger partial charge in [-0.05, 0) is 44.2 Å². The van der Waals surface area contributed by atoms with Crippen LogP contribution in [0.15, 0.2) is 18.2 Å². The Labute approximate surface area is 135 Å². The lowest BCUT2D eigenvalue weighted by Crippen LogP contribution is -2.51. The molecule has 0 aromatic heterocycles. The monoisotopic (exact) mass is 305 g/mol. The van der Waals surface area contributed by atoms with Gasteiger partial charge in [-0.25, -0.2) is 0 Å². The van der Waals surface area contributed by atoms with Crippen molar-refractivity contribution in [3.63, 3.8) is 0 Å². The quantitative estimate of drug-likeness (QED) is 0.813. The van der Waals surface area contributed by atoms with Crippen molar-refractivity contribution in [3.05, 3.63) is 34.9 Å². The van der Waals surface area contributed by atoms with Crippen molar-refractivity contribution in [3.8, 4) is 0 Å². The average molecular weight is 306 g/mol. The van der Waals surface area contributed by atoms with Gasteiger partial charge in [0.15, 0.2) is 0 Å². The van der Waals surface area contributed by atoms with Crippen molar-refractivity contribution in [2.45, 2.75) is 70.9 Å². The molecular formula is C19H31NS. The number of rotatable bonds is 5. The van der Waals surface area contributed by atoms with Gasteiger partial charge < -0.3 is 5.32 Å². The number of benzene rings is 1. The van der Waals surface area contributed by atoms with Crippen molar-refractivity contribution in [1.29, 1.82) is 0 Å². The van der Waals surface area contributed by atoms with Crippen LogP contribution in [0.4, 0.5) is 0 Å². The smallest absolute Gasteiger partial charge is 0.0237 e. The lowest BCUT2D eigenvalue weighted by molar-refractivity contribution is 0.176. The Balaban J connectivity index is 2.03. The van der Waals surface area contributed by atoms with Crippen LogP contribution in [-0.4, -0.2) is 17.8 Å². The molecule has 0 aliphatic heterocycles. The summed E-state index contributed by atoms with van der Waals surface area (Å²) in [5.74, 6) is 1.14. The summed E-state index contributed by atoms with van der Waals surface area (Å²) < 4.78 is 0. The van der Waals surface area contributed by atoms with E-state index in [9.17, 15) is 0 Å².